The molecule has 8 rings (SSSR count). The van der Waals surface area contributed by atoms with Gasteiger partial charge in [-0.25, -0.2) is 19.9 Å². The van der Waals surface area contributed by atoms with Crippen LogP contribution in [0.1, 0.15) is 2.74 Å². The van der Waals surface area contributed by atoms with Gasteiger partial charge in [-0.15, -0.1) is 0 Å². The van der Waals surface area contributed by atoms with E-state index in [9.17, 15) is 0 Å². The number of nitrogens with zero attached hydrogens (tertiary/aromatic N) is 5. The molecule has 0 aliphatic rings. The average Bonchev–Trinajstić information content (AvgIpc) is 3.42. The van der Waals surface area contributed by atoms with E-state index in [-0.39, 0.29) is 12.3 Å². The third-order valence-corrected chi connectivity index (χ3v) is 7.16. The van der Waals surface area contributed by atoms with Crippen molar-refractivity contribution >= 4 is 21.8 Å². The first-order valence-electron chi connectivity index (χ1n) is 15.7. The van der Waals surface area contributed by atoms with Crippen molar-refractivity contribution in [1.82, 2.24) is 24.5 Å². The molecular formula is C38H25N5O4. The van der Waals surface area contributed by atoms with Gasteiger partial charge in [-0.2, -0.15) is 0 Å². The van der Waals surface area contributed by atoms with Crippen LogP contribution in [0.5, 0.6) is 46.3 Å². The molecule has 9 nitrogen and oxygen atoms in total. The quantitative estimate of drug-likeness (QED) is 0.158. The van der Waals surface area contributed by atoms with Crippen LogP contribution >= 0.6 is 0 Å². The summed E-state index contributed by atoms with van der Waals surface area (Å²) in [7, 11) is 0. The molecule has 0 aliphatic carbocycles. The van der Waals surface area contributed by atoms with Crippen molar-refractivity contribution in [3.8, 4) is 52.2 Å². The Morgan fingerprint density at radius 1 is 0.426 bits per heavy atom. The lowest BCUT2D eigenvalue weighted by molar-refractivity contribution is 0.448. The predicted octanol–water partition coefficient (Wildman–Crippen LogP) is 9.53. The van der Waals surface area contributed by atoms with Crippen molar-refractivity contribution in [2.75, 3.05) is 0 Å². The molecule has 0 saturated heterocycles. The van der Waals surface area contributed by atoms with Crippen LogP contribution in [0.25, 0.3) is 27.8 Å². The predicted molar refractivity (Wildman–Crippen MR) is 178 cm³/mol. The van der Waals surface area contributed by atoms with E-state index in [4.69, 9.17) is 21.7 Å². The fraction of sp³-hybridized carbons (Fsp3) is 0. The van der Waals surface area contributed by atoms with Gasteiger partial charge in [0.15, 0.2) is 0 Å². The molecule has 0 radical (unpaired) electrons. The van der Waals surface area contributed by atoms with Crippen LogP contribution < -0.4 is 18.9 Å². The van der Waals surface area contributed by atoms with E-state index >= 15 is 0 Å². The van der Waals surface area contributed by atoms with Gasteiger partial charge >= 0.3 is 0 Å². The highest BCUT2D eigenvalue weighted by atomic mass is 16.5. The van der Waals surface area contributed by atoms with Crippen LogP contribution in [0.4, 0.5) is 0 Å². The fourth-order valence-corrected chi connectivity index (χ4v) is 5.18. The zero-order chi connectivity index (χ0) is 33.2. The van der Waals surface area contributed by atoms with Crippen molar-refractivity contribution in [2.24, 2.45) is 0 Å². The topological polar surface area (TPSA) is 93.4 Å². The minimum Gasteiger partial charge on any atom is -0.457 e. The molecule has 0 N–H and O–H groups in total. The molecule has 8 aromatic rings. The lowest BCUT2D eigenvalue weighted by atomic mass is 10.1. The van der Waals surface area contributed by atoms with Gasteiger partial charge in [0.25, 0.3) is 0 Å². The standard InChI is InChI=1S/C38H25N5O4/c1-3-18-39-36(12-1)46-28-10-5-8-26(22-28)44-30-14-16-32-33-17-15-31(25-35(33)43(34(32)24-30)38-41-20-7-21-42-38)45-27-9-6-11-29(23-27)47-37-13-2-4-19-40-37/h1-25H/i18D,19D. The van der Waals surface area contributed by atoms with Crippen LogP contribution in [-0.2, 0) is 0 Å². The molecule has 4 heterocycles. The lowest BCUT2D eigenvalue weighted by Crippen LogP contribution is -2.00. The highest BCUT2D eigenvalue weighted by Gasteiger charge is 2.16. The Morgan fingerprint density at radius 3 is 1.38 bits per heavy atom. The Hall–Kier alpha value is -6.74. The Bertz CT molecular complexity index is 2310. The monoisotopic (exact) mass is 617 g/mol. The summed E-state index contributed by atoms with van der Waals surface area (Å²) in [5.41, 5.74) is 1.69. The molecule has 9 heteroatoms. The first kappa shape index (κ1) is 25.6. The maximum absolute atomic E-state index is 7.74. The van der Waals surface area contributed by atoms with Crippen molar-refractivity contribution in [1.29, 1.82) is 0 Å². The second-order valence-electron chi connectivity index (χ2n) is 10.3. The number of hydrogen-bond acceptors (Lipinski definition) is 8. The summed E-state index contributed by atoms with van der Waals surface area (Å²) in [5, 5.41) is 1.97. The number of hydrogen-bond donors (Lipinski definition) is 0. The van der Waals surface area contributed by atoms with Crippen LogP contribution in [0.15, 0.2) is 152 Å². The van der Waals surface area contributed by atoms with Gasteiger partial charge in [-0.05, 0) is 66.7 Å². The largest absolute Gasteiger partial charge is 0.457 e. The maximum Gasteiger partial charge on any atom is 0.234 e. The summed E-state index contributed by atoms with van der Waals surface area (Å²) in [6, 6.07) is 38.0. The van der Waals surface area contributed by atoms with E-state index in [0.717, 1.165) is 21.8 Å². The van der Waals surface area contributed by atoms with E-state index in [2.05, 4.69) is 19.9 Å². The van der Waals surface area contributed by atoms with Gasteiger partial charge in [0.05, 0.1) is 13.8 Å². The molecule has 4 aromatic heterocycles. The normalized spacial score (nSPS) is 11.6. The van der Waals surface area contributed by atoms with Gasteiger partial charge in [0.1, 0.15) is 34.5 Å². The van der Waals surface area contributed by atoms with E-state index in [1.165, 1.54) is 0 Å². The Morgan fingerprint density at radius 2 is 0.894 bits per heavy atom. The van der Waals surface area contributed by atoms with Gasteiger partial charge in [0, 0.05) is 71.9 Å². The Labute approximate surface area is 272 Å². The van der Waals surface area contributed by atoms with Gasteiger partial charge < -0.3 is 18.9 Å². The zero-order valence-electron chi connectivity index (χ0n) is 26.6. The van der Waals surface area contributed by atoms with E-state index in [0.29, 0.717) is 52.2 Å². The average molecular weight is 618 g/mol. The number of fused-ring (bicyclic) bond motifs is 3. The maximum atomic E-state index is 7.74. The van der Waals surface area contributed by atoms with Crippen molar-refractivity contribution in [2.45, 2.75) is 0 Å². The molecule has 0 aliphatic heterocycles. The summed E-state index contributed by atoms with van der Waals surface area (Å²) in [6.45, 7) is 0. The van der Waals surface area contributed by atoms with E-state index in [1.807, 2.05) is 65.2 Å². The van der Waals surface area contributed by atoms with Crippen LogP contribution in [0.2, 0.25) is 0 Å². The number of ether oxygens (including phenoxy) is 4. The molecule has 0 fully saturated rings. The van der Waals surface area contributed by atoms with Gasteiger partial charge in [-0.3, -0.25) is 4.57 Å². The van der Waals surface area contributed by atoms with Crippen molar-refractivity contribution in [3.63, 3.8) is 0 Å². The molecule has 0 unspecified atom stereocenters. The number of benzene rings is 4. The Balaban J connectivity index is 1.12. The molecule has 0 bridgehead atoms. The van der Waals surface area contributed by atoms with Crippen LogP contribution in [0, 0.1) is 0 Å². The van der Waals surface area contributed by atoms with Gasteiger partial charge in [0.2, 0.25) is 17.7 Å². The number of pyridine rings is 2. The highest BCUT2D eigenvalue weighted by molar-refractivity contribution is 6.09. The first-order chi connectivity index (χ1) is 24.0. The molecule has 0 atom stereocenters. The molecule has 226 valence electrons. The number of aromatic nitrogens is 5. The SMILES string of the molecule is [2H]c1cccc(Oc2cccc(Oc3ccc4c5ccc(Oc6cccc(Oc7cccc([2H])n7)c6)cc5n(-c5ncccn5)c4c3)c2)n1. The summed E-state index contributed by atoms with van der Waals surface area (Å²) < 4.78 is 41.8. The zero-order valence-corrected chi connectivity index (χ0v) is 24.6. The second-order valence-corrected chi connectivity index (χ2v) is 10.3. The molecule has 4 aromatic carbocycles. The smallest absolute Gasteiger partial charge is 0.234 e. The molecule has 0 saturated carbocycles. The third kappa shape index (κ3) is 6.01. The van der Waals surface area contributed by atoms with E-state index in [1.54, 1.807) is 79.1 Å². The first-order valence-corrected chi connectivity index (χ1v) is 14.7. The van der Waals surface area contributed by atoms with Crippen LogP contribution in [0.3, 0.4) is 0 Å². The summed E-state index contributed by atoms with van der Waals surface area (Å²) >= 11 is 0. The van der Waals surface area contributed by atoms with Crippen molar-refractivity contribution in [3.05, 3.63) is 152 Å². The van der Waals surface area contributed by atoms with Gasteiger partial charge in [-0.1, -0.05) is 24.3 Å². The van der Waals surface area contributed by atoms with Crippen LogP contribution in [-0.4, -0.2) is 24.5 Å². The highest BCUT2D eigenvalue weighted by Crippen LogP contribution is 2.38. The summed E-state index contributed by atoms with van der Waals surface area (Å²) in [4.78, 5) is 17.3. The lowest BCUT2D eigenvalue weighted by Gasteiger charge is -2.10. The molecular weight excluding hydrogens is 590 g/mol. The molecule has 0 amide bonds. The van der Waals surface area contributed by atoms with Crippen molar-refractivity contribution < 1.29 is 21.7 Å². The molecule has 0 spiro atoms. The minimum absolute atomic E-state index is 0.125. The second kappa shape index (κ2) is 12.3. The third-order valence-electron chi connectivity index (χ3n) is 7.16. The summed E-state index contributed by atoms with van der Waals surface area (Å²) in [5.74, 6) is 4.58. The summed E-state index contributed by atoms with van der Waals surface area (Å²) in [6.07, 6.45) is 3.65. The molecule has 47 heavy (non-hydrogen) atoms. The minimum atomic E-state index is 0.125. The van der Waals surface area contributed by atoms with E-state index < -0.39 is 0 Å². The fourth-order valence-electron chi connectivity index (χ4n) is 5.18. The Kier molecular flexibility index (Phi) is 6.71. The number of rotatable bonds is 9.